The lowest BCUT2D eigenvalue weighted by atomic mass is 10.6. The van der Waals surface area contributed by atoms with Crippen molar-refractivity contribution < 1.29 is 27.9 Å². The average molecular weight is 292 g/mol. The summed E-state index contributed by atoms with van der Waals surface area (Å²) in [4.78, 5) is 20.5. The molecule has 11 heteroatoms. The van der Waals surface area contributed by atoms with E-state index in [0.717, 1.165) is 17.1 Å². The van der Waals surface area contributed by atoms with E-state index < -0.39 is 28.6 Å². The van der Waals surface area contributed by atoms with Crippen LogP contribution in [-0.4, -0.2) is 48.5 Å². The number of amides is 1. The molecular formula is C8H12N4O6S. The van der Waals surface area contributed by atoms with Gasteiger partial charge in [-0.25, -0.2) is 17.9 Å². The number of nitrogens with two attached hydrogens (primary N) is 1. The Hall–Kier alpha value is -2.14. The van der Waals surface area contributed by atoms with Crippen LogP contribution in [0.15, 0.2) is 17.3 Å². The summed E-state index contributed by atoms with van der Waals surface area (Å²) in [5, 5.41) is 12.1. The minimum Gasteiger partial charge on any atom is -0.480 e. The molecule has 0 aliphatic carbocycles. The van der Waals surface area contributed by atoms with Gasteiger partial charge in [-0.1, -0.05) is 0 Å². The molecule has 4 N–H and O–H groups in total. The van der Waals surface area contributed by atoms with Gasteiger partial charge >= 0.3 is 12.1 Å². The molecule has 19 heavy (non-hydrogen) atoms. The zero-order chi connectivity index (χ0) is 14.5. The molecular weight excluding hydrogens is 280 g/mol. The maximum Gasteiger partial charge on any atom is 0.404 e. The van der Waals surface area contributed by atoms with E-state index in [1.54, 1.807) is 0 Å². The van der Waals surface area contributed by atoms with Crippen molar-refractivity contribution in [3.05, 3.63) is 12.4 Å². The normalized spacial score (nSPS) is 11.2. The molecule has 1 amide bonds. The monoisotopic (exact) mass is 292 g/mol. The highest BCUT2D eigenvalue weighted by Gasteiger charge is 2.16. The van der Waals surface area contributed by atoms with Crippen LogP contribution in [0.25, 0.3) is 0 Å². The molecule has 0 fully saturated rings. The summed E-state index contributed by atoms with van der Waals surface area (Å²) in [6, 6.07) is 0. The number of carboxylic acid groups (broad SMARTS) is 1. The van der Waals surface area contributed by atoms with Gasteiger partial charge in [-0.3, -0.25) is 9.48 Å². The van der Waals surface area contributed by atoms with Gasteiger partial charge in [-0.2, -0.15) is 5.10 Å². The Balaban J connectivity index is 2.59. The van der Waals surface area contributed by atoms with Crippen LogP contribution in [0.1, 0.15) is 0 Å². The largest absolute Gasteiger partial charge is 0.480 e. The molecule has 1 aromatic heterocycles. The fourth-order valence-electron chi connectivity index (χ4n) is 1.12. The number of sulfonamides is 1. The number of rotatable bonds is 7. The van der Waals surface area contributed by atoms with E-state index in [2.05, 4.69) is 14.6 Å². The van der Waals surface area contributed by atoms with Crippen molar-refractivity contribution >= 4 is 22.1 Å². The van der Waals surface area contributed by atoms with Crippen molar-refractivity contribution in [3.63, 3.8) is 0 Å². The molecule has 10 nitrogen and oxygen atoms in total. The molecule has 0 bridgehead atoms. The van der Waals surface area contributed by atoms with E-state index in [9.17, 15) is 18.0 Å². The van der Waals surface area contributed by atoms with Crippen LogP contribution >= 0.6 is 0 Å². The van der Waals surface area contributed by atoms with Gasteiger partial charge in [-0.15, -0.1) is 0 Å². The smallest absolute Gasteiger partial charge is 0.404 e. The lowest BCUT2D eigenvalue weighted by Crippen LogP contribution is -2.29. The molecule has 0 saturated heterocycles. The number of nitrogens with zero attached hydrogens (tertiary/aromatic N) is 2. The lowest BCUT2D eigenvalue weighted by Gasteiger charge is -2.04. The summed E-state index contributed by atoms with van der Waals surface area (Å²) in [6.07, 6.45) is 1.08. The minimum atomic E-state index is -3.83. The standard InChI is InChI=1S/C8H12N4O6S/c9-8(15)18-2-1-11-19(16,17)6-3-10-12(4-6)5-7(13)14/h3-4,11H,1-2,5H2,(H2,9,15)(H,13,14). The highest BCUT2D eigenvalue weighted by Crippen LogP contribution is 2.06. The van der Waals surface area contributed by atoms with Gasteiger partial charge in [0.15, 0.2) is 0 Å². The van der Waals surface area contributed by atoms with Crippen LogP contribution in [0.3, 0.4) is 0 Å². The first-order valence-corrected chi connectivity index (χ1v) is 6.46. The summed E-state index contributed by atoms with van der Waals surface area (Å²) in [7, 11) is -3.83. The topological polar surface area (TPSA) is 154 Å². The number of nitrogens with one attached hydrogen (secondary N) is 1. The van der Waals surface area contributed by atoms with Crippen LogP contribution in [-0.2, 0) is 26.1 Å². The van der Waals surface area contributed by atoms with Crippen LogP contribution in [0.2, 0.25) is 0 Å². The summed E-state index contributed by atoms with van der Waals surface area (Å²) in [5.41, 5.74) is 4.70. The fourth-order valence-corrected chi connectivity index (χ4v) is 2.08. The Bertz CT molecular complexity index is 566. The van der Waals surface area contributed by atoms with Crippen LogP contribution < -0.4 is 10.5 Å². The van der Waals surface area contributed by atoms with E-state index >= 15 is 0 Å². The van der Waals surface area contributed by atoms with E-state index in [1.165, 1.54) is 0 Å². The van der Waals surface area contributed by atoms with Crippen molar-refractivity contribution in [2.75, 3.05) is 13.2 Å². The van der Waals surface area contributed by atoms with Crippen molar-refractivity contribution in [2.45, 2.75) is 11.4 Å². The quantitative estimate of drug-likeness (QED) is 0.508. The lowest BCUT2D eigenvalue weighted by molar-refractivity contribution is -0.137. The van der Waals surface area contributed by atoms with Crippen LogP contribution in [0, 0.1) is 0 Å². The van der Waals surface area contributed by atoms with Crippen LogP contribution in [0.4, 0.5) is 4.79 Å². The van der Waals surface area contributed by atoms with Gasteiger partial charge < -0.3 is 15.6 Å². The number of hydrogen-bond donors (Lipinski definition) is 3. The second kappa shape index (κ2) is 6.15. The van der Waals surface area contributed by atoms with E-state index in [0.29, 0.717) is 0 Å². The molecule has 0 spiro atoms. The predicted molar refractivity (Wildman–Crippen MR) is 60.6 cm³/mol. The van der Waals surface area contributed by atoms with Gasteiger partial charge in [-0.05, 0) is 0 Å². The molecule has 0 aromatic carbocycles. The maximum atomic E-state index is 11.7. The second-order valence-corrected chi connectivity index (χ2v) is 5.10. The Labute approximate surface area is 108 Å². The van der Waals surface area contributed by atoms with Crippen molar-refractivity contribution in [1.82, 2.24) is 14.5 Å². The number of aromatic nitrogens is 2. The third kappa shape index (κ3) is 4.93. The Morgan fingerprint density at radius 3 is 2.79 bits per heavy atom. The van der Waals surface area contributed by atoms with Gasteiger partial charge in [0.2, 0.25) is 10.0 Å². The summed E-state index contributed by atoms with van der Waals surface area (Å²) >= 11 is 0. The fraction of sp³-hybridized carbons (Fsp3) is 0.375. The van der Waals surface area contributed by atoms with Gasteiger partial charge in [0.1, 0.15) is 18.0 Å². The average Bonchev–Trinajstić information content (AvgIpc) is 2.72. The highest BCUT2D eigenvalue weighted by atomic mass is 32.2. The summed E-state index contributed by atoms with van der Waals surface area (Å²) < 4.78 is 30.8. The van der Waals surface area contributed by atoms with Gasteiger partial charge in [0.05, 0.1) is 6.20 Å². The first kappa shape index (κ1) is 14.9. The summed E-state index contributed by atoms with van der Waals surface area (Å²) in [6.45, 7) is -0.812. The molecule has 106 valence electrons. The number of carbonyl (C=O) groups is 2. The van der Waals surface area contributed by atoms with E-state index in [1.807, 2.05) is 0 Å². The first-order valence-electron chi connectivity index (χ1n) is 4.97. The highest BCUT2D eigenvalue weighted by molar-refractivity contribution is 7.89. The van der Waals surface area contributed by atoms with Gasteiger partial charge in [0, 0.05) is 12.7 Å². The van der Waals surface area contributed by atoms with Crippen molar-refractivity contribution in [3.8, 4) is 0 Å². The van der Waals surface area contributed by atoms with E-state index in [-0.39, 0.29) is 18.0 Å². The minimum absolute atomic E-state index is 0.157. The molecule has 1 aromatic rings. The maximum absolute atomic E-state index is 11.7. The molecule has 0 aliphatic heterocycles. The number of aliphatic carboxylic acids is 1. The number of carbonyl (C=O) groups excluding carboxylic acids is 1. The van der Waals surface area contributed by atoms with Crippen molar-refractivity contribution in [1.29, 1.82) is 0 Å². The Morgan fingerprint density at radius 2 is 2.21 bits per heavy atom. The van der Waals surface area contributed by atoms with Gasteiger partial charge in [0.25, 0.3) is 0 Å². The van der Waals surface area contributed by atoms with Crippen molar-refractivity contribution in [2.24, 2.45) is 5.73 Å². The molecule has 0 atom stereocenters. The number of primary amides is 1. The molecule has 0 unspecified atom stereocenters. The molecule has 0 aliphatic rings. The van der Waals surface area contributed by atoms with Crippen LogP contribution in [0.5, 0.6) is 0 Å². The molecule has 0 saturated carbocycles. The zero-order valence-electron chi connectivity index (χ0n) is 9.64. The first-order chi connectivity index (χ1) is 8.81. The number of ether oxygens (including phenoxy) is 1. The summed E-state index contributed by atoms with van der Waals surface area (Å²) in [5.74, 6) is -1.14. The Kier molecular flexibility index (Phi) is 4.83. The predicted octanol–water partition coefficient (Wildman–Crippen LogP) is -1.66. The molecule has 0 radical (unpaired) electrons. The SMILES string of the molecule is NC(=O)OCCNS(=O)(=O)c1cnn(CC(=O)O)c1. The third-order valence-electron chi connectivity index (χ3n) is 1.86. The number of carboxylic acids is 1. The molecule has 1 rings (SSSR count). The Morgan fingerprint density at radius 1 is 1.53 bits per heavy atom. The number of hydrogen-bond acceptors (Lipinski definition) is 6. The zero-order valence-corrected chi connectivity index (χ0v) is 10.5. The second-order valence-electron chi connectivity index (χ2n) is 3.33. The molecule has 1 heterocycles. The third-order valence-corrected chi connectivity index (χ3v) is 3.27. The van der Waals surface area contributed by atoms with E-state index in [4.69, 9.17) is 10.8 Å².